The van der Waals surface area contributed by atoms with E-state index in [1.165, 1.54) is 33.5 Å². The number of likely N-dealkylation sites (N-methyl/N-ethyl adjacent to an activating group) is 1. The molecule has 1 fully saturated rings. The lowest BCUT2D eigenvalue weighted by atomic mass is 9.94. The van der Waals surface area contributed by atoms with Gasteiger partial charge in [-0.2, -0.15) is 0 Å². The highest BCUT2D eigenvalue weighted by molar-refractivity contribution is 5.94. The van der Waals surface area contributed by atoms with Crippen molar-refractivity contribution in [3.05, 3.63) is 78.3 Å². The Morgan fingerprint density at radius 1 is 0.967 bits per heavy atom. The number of aromatic nitrogens is 1. The first-order valence-corrected chi connectivity index (χ1v) is 10.5. The lowest BCUT2D eigenvalue weighted by Crippen LogP contribution is -2.44. The van der Waals surface area contributed by atoms with E-state index < -0.39 is 0 Å². The molecule has 30 heavy (non-hydrogen) atoms. The molecule has 0 atom stereocenters. The molecule has 0 amide bonds. The van der Waals surface area contributed by atoms with Crippen molar-refractivity contribution in [2.24, 2.45) is 4.99 Å². The molecule has 1 aromatic heterocycles. The summed E-state index contributed by atoms with van der Waals surface area (Å²) in [5.74, 6) is 0. The second-order valence-electron chi connectivity index (χ2n) is 8.02. The second-order valence-corrected chi connectivity index (χ2v) is 8.02. The van der Waals surface area contributed by atoms with Crippen LogP contribution in [0.25, 0.3) is 16.7 Å². The number of aliphatic imine (C=N–C) groups is 1. The van der Waals surface area contributed by atoms with Gasteiger partial charge in [-0.15, -0.1) is 0 Å². The Kier molecular flexibility index (Phi) is 5.11. The molecule has 1 saturated heterocycles. The molecule has 5 heteroatoms. The van der Waals surface area contributed by atoms with Gasteiger partial charge in [-0.05, 0) is 71.3 Å². The van der Waals surface area contributed by atoms with Gasteiger partial charge in [-0.3, -0.25) is 4.99 Å². The van der Waals surface area contributed by atoms with Crippen LogP contribution in [0.4, 0.5) is 11.4 Å². The average molecular weight is 398 g/mol. The number of benzene rings is 2. The molecular formula is C25H27N5. The van der Waals surface area contributed by atoms with E-state index in [1.54, 1.807) is 0 Å². The Morgan fingerprint density at radius 3 is 2.57 bits per heavy atom. The summed E-state index contributed by atoms with van der Waals surface area (Å²) in [6.45, 7) is 5.11. The van der Waals surface area contributed by atoms with Crippen LogP contribution in [-0.4, -0.2) is 55.9 Å². The smallest absolute Gasteiger partial charge is 0.0660 e. The Bertz CT molecular complexity index is 1060. The number of piperazine rings is 1. The van der Waals surface area contributed by atoms with E-state index in [9.17, 15) is 0 Å². The number of nitrogens with zero attached hydrogens (tertiary/aromatic N) is 3. The minimum atomic E-state index is 0.690. The minimum Gasteiger partial charge on any atom is -0.369 e. The maximum Gasteiger partial charge on any atom is 0.0660 e. The summed E-state index contributed by atoms with van der Waals surface area (Å²) >= 11 is 0. The highest BCUT2D eigenvalue weighted by Crippen LogP contribution is 2.29. The summed E-state index contributed by atoms with van der Waals surface area (Å²) in [6.07, 6.45) is 8.06. The summed E-state index contributed by atoms with van der Waals surface area (Å²) in [4.78, 5) is 12.5. The monoisotopic (exact) mass is 397 g/mol. The van der Waals surface area contributed by atoms with E-state index in [0.29, 0.717) is 6.54 Å². The molecular weight excluding hydrogens is 370 g/mol. The van der Waals surface area contributed by atoms with Crippen LogP contribution in [0.2, 0.25) is 0 Å². The van der Waals surface area contributed by atoms with Crippen molar-refractivity contribution in [1.29, 1.82) is 0 Å². The normalized spacial score (nSPS) is 17.9. The second kappa shape index (κ2) is 8.20. The van der Waals surface area contributed by atoms with Gasteiger partial charge < -0.3 is 20.1 Å². The zero-order chi connectivity index (χ0) is 20.3. The molecule has 2 aliphatic rings. The number of hydrogen-bond acceptors (Lipinski definition) is 4. The zero-order valence-electron chi connectivity index (χ0n) is 17.3. The Morgan fingerprint density at radius 2 is 1.80 bits per heavy atom. The topological polar surface area (TPSA) is 46.7 Å². The Labute approximate surface area is 177 Å². The average Bonchev–Trinajstić information content (AvgIpc) is 3.33. The molecule has 2 aliphatic heterocycles. The Hall–Kier alpha value is -3.31. The molecule has 0 bridgehead atoms. The molecule has 152 valence electrons. The van der Waals surface area contributed by atoms with Gasteiger partial charge in [0, 0.05) is 62.4 Å². The molecule has 5 rings (SSSR count). The van der Waals surface area contributed by atoms with E-state index in [4.69, 9.17) is 0 Å². The third kappa shape index (κ3) is 3.89. The van der Waals surface area contributed by atoms with Crippen LogP contribution in [0, 0.1) is 0 Å². The molecule has 2 N–H and O–H groups in total. The molecule has 3 heterocycles. The van der Waals surface area contributed by atoms with Gasteiger partial charge in [0.2, 0.25) is 0 Å². The van der Waals surface area contributed by atoms with E-state index >= 15 is 0 Å². The van der Waals surface area contributed by atoms with Crippen molar-refractivity contribution in [1.82, 2.24) is 9.88 Å². The van der Waals surface area contributed by atoms with Crippen LogP contribution >= 0.6 is 0 Å². The molecule has 0 radical (unpaired) electrons. The van der Waals surface area contributed by atoms with Crippen LogP contribution in [0.15, 0.2) is 72.1 Å². The number of rotatable bonds is 4. The van der Waals surface area contributed by atoms with Gasteiger partial charge in [0.05, 0.1) is 6.54 Å². The summed E-state index contributed by atoms with van der Waals surface area (Å²) in [5, 5.41) is 3.48. The fourth-order valence-corrected chi connectivity index (χ4v) is 4.08. The van der Waals surface area contributed by atoms with Crippen molar-refractivity contribution in [3.63, 3.8) is 0 Å². The maximum absolute atomic E-state index is 4.54. The predicted octanol–water partition coefficient (Wildman–Crippen LogP) is 4.32. The molecule has 3 aromatic rings. The van der Waals surface area contributed by atoms with Crippen molar-refractivity contribution >= 4 is 23.2 Å². The fraction of sp³-hybridized carbons (Fsp3) is 0.240. The standard InChI is InChI=1S/C25H27N5/c1-29-10-12-30(13-11-29)24-6-4-23(5-7-24)28-18-22-17-27-16-21-3-2-19(14-25(21)22)20-8-9-26-15-20/h2-9,14-16,18,26,28H,10-13,17H2,1H3. The van der Waals surface area contributed by atoms with Gasteiger partial charge in [-0.25, -0.2) is 0 Å². The predicted molar refractivity (Wildman–Crippen MR) is 126 cm³/mol. The van der Waals surface area contributed by atoms with Crippen LogP contribution in [0.5, 0.6) is 0 Å². The number of H-pyrrole nitrogens is 1. The lowest BCUT2D eigenvalue weighted by molar-refractivity contribution is 0.313. The summed E-state index contributed by atoms with van der Waals surface area (Å²) < 4.78 is 0. The van der Waals surface area contributed by atoms with E-state index in [2.05, 4.69) is 86.9 Å². The SMILES string of the molecule is CN1CCN(c2ccc(NC=C3CN=Cc4ccc(-c5cc[nH]c5)cc43)cc2)CC1. The van der Waals surface area contributed by atoms with Crippen molar-refractivity contribution in [2.45, 2.75) is 0 Å². The lowest BCUT2D eigenvalue weighted by Gasteiger charge is -2.34. The van der Waals surface area contributed by atoms with Crippen molar-refractivity contribution in [3.8, 4) is 11.1 Å². The zero-order valence-corrected chi connectivity index (χ0v) is 17.3. The van der Waals surface area contributed by atoms with Gasteiger partial charge in [-0.1, -0.05) is 12.1 Å². The summed E-state index contributed by atoms with van der Waals surface area (Å²) in [5.41, 5.74) is 8.42. The summed E-state index contributed by atoms with van der Waals surface area (Å²) in [7, 11) is 2.19. The number of anilines is 2. The maximum atomic E-state index is 4.54. The number of nitrogens with one attached hydrogen (secondary N) is 2. The van der Waals surface area contributed by atoms with Crippen LogP contribution in [0.3, 0.4) is 0 Å². The number of aromatic amines is 1. The highest BCUT2D eigenvalue weighted by atomic mass is 15.2. The van der Waals surface area contributed by atoms with Crippen molar-refractivity contribution in [2.75, 3.05) is 50.0 Å². The highest BCUT2D eigenvalue weighted by Gasteiger charge is 2.15. The first-order valence-electron chi connectivity index (χ1n) is 10.5. The third-order valence-corrected chi connectivity index (χ3v) is 5.97. The molecule has 0 unspecified atom stereocenters. The van der Waals surface area contributed by atoms with Gasteiger partial charge >= 0.3 is 0 Å². The largest absolute Gasteiger partial charge is 0.369 e. The van der Waals surface area contributed by atoms with Gasteiger partial charge in [0.15, 0.2) is 0 Å². The van der Waals surface area contributed by atoms with Gasteiger partial charge in [0.25, 0.3) is 0 Å². The number of hydrogen-bond donors (Lipinski definition) is 2. The quantitative estimate of drug-likeness (QED) is 0.689. The molecule has 0 saturated carbocycles. The first-order chi connectivity index (χ1) is 14.8. The van der Waals surface area contributed by atoms with Crippen LogP contribution in [0.1, 0.15) is 11.1 Å². The minimum absolute atomic E-state index is 0.690. The van der Waals surface area contributed by atoms with Gasteiger partial charge in [0.1, 0.15) is 0 Å². The van der Waals surface area contributed by atoms with Crippen LogP contribution in [-0.2, 0) is 0 Å². The molecule has 5 nitrogen and oxygen atoms in total. The summed E-state index contributed by atoms with van der Waals surface area (Å²) in [6, 6.07) is 17.4. The van der Waals surface area contributed by atoms with E-state index in [1.807, 2.05) is 18.6 Å². The fourth-order valence-electron chi connectivity index (χ4n) is 4.08. The molecule has 0 spiro atoms. The van der Waals surface area contributed by atoms with Crippen LogP contribution < -0.4 is 10.2 Å². The third-order valence-electron chi connectivity index (χ3n) is 5.97. The Balaban J connectivity index is 1.33. The number of fused-ring (bicyclic) bond motifs is 1. The first kappa shape index (κ1) is 18.7. The van der Waals surface area contributed by atoms with Crippen molar-refractivity contribution < 1.29 is 0 Å². The van der Waals surface area contributed by atoms with E-state index in [0.717, 1.165) is 31.9 Å². The van der Waals surface area contributed by atoms with E-state index in [-0.39, 0.29) is 0 Å². The molecule has 0 aliphatic carbocycles. The molecule has 2 aromatic carbocycles.